The number of aryl methyl sites for hydroxylation is 1. The number of hydrogen-bond donors (Lipinski definition) is 2. The Morgan fingerprint density at radius 1 is 0.658 bits per heavy atom. The average Bonchev–Trinajstić information content (AvgIpc) is 2.94. The summed E-state index contributed by atoms with van der Waals surface area (Å²) in [5.41, 5.74) is 1.90. The molecule has 0 saturated heterocycles. The van der Waals surface area contributed by atoms with Crippen LogP contribution < -0.4 is 18.9 Å². The molecule has 0 bridgehead atoms. The van der Waals surface area contributed by atoms with E-state index in [-0.39, 0.29) is 6.10 Å². The van der Waals surface area contributed by atoms with E-state index in [2.05, 4.69) is 6.92 Å². The summed E-state index contributed by atoms with van der Waals surface area (Å²) in [5.74, 6) is 2.50. The molecule has 2 aromatic carbocycles. The fourth-order valence-electron chi connectivity index (χ4n) is 4.05. The van der Waals surface area contributed by atoms with Gasteiger partial charge in [-0.2, -0.15) is 0 Å². The van der Waals surface area contributed by atoms with Gasteiger partial charge >= 0.3 is 0 Å². The van der Waals surface area contributed by atoms with Gasteiger partial charge in [-0.05, 0) is 61.1 Å². The molecule has 38 heavy (non-hydrogen) atoms. The molecule has 3 rings (SSSR count). The highest BCUT2D eigenvalue weighted by molar-refractivity contribution is 5.44. The second-order valence-electron chi connectivity index (χ2n) is 9.36. The van der Waals surface area contributed by atoms with Crippen molar-refractivity contribution in [3.63, 3.8) is 0 Å². The highest BCUT2D eigenvalue weighted by Gasteiger charge is 2.14. The fraction of sp³-hybridized carbons (Fsp3) is 0.600. The summed E-state index contributed by atoms with van der Waals surface area (Å²) >= 11 is 0. The number of aliphatic hydroxyl groups excluding tert-OH is 2. The van der Waals surface area contributed by atoms with Crippen molar-refractivity contribution in [2.45, 2.75) is 64.6 Å². The Kier molecular flexibility index (Phi) is 13.5. The van der Waals surface area contributed by atoms with Crippen LogP contribution in [0.2, 0.25) is 0 Å². The highest BCUT2D eigenvalue weighted by atomic mass is 16.6. The third kappa shape index (κ3) is 10.3. The Hall–Kier alpha value is -2.52. The van der Waals surface area contributed by atoms with Crippen LogP contribution in [0.5, 0.6) is 23.0 Å². The lowest BCUT2D eigenvalue weighted by Crippen LogP contribution is -2.15. The van der Waals surface area contributed by atoms with E-state index < -0.39 is 6.10 Å². The first-order chi connectivity index (χ1) is 18.6. The van der Waals surface area contributed by atoms with Crippen molar-refractivity contribution in [2.75, 3.05) is 52.9 Å². The molecule has 0 fully saturated rings. The molecule has 0 spiro atoms. The van der Waals surface area contributed by atoms with Crippen molar-refractivity contribution in [1.82, 2.24) is 0 Å². The van der Waals surface area contributed by atoms with Crippen LogP contribution in [0.3, 0.4) is 0 Å². The van der Waals surface area contributed by atoms with Crippen molar-refractivity contribution in [3.05, 3.63) is 47.5 Å². The Balaban J connectivity index is 1.60. The normalized spacial score (nSPS) is 17.2. The first-order valence-electron chi connectivity index (χ1n) is 13.9. The number of ether oxygens (including phenoxy) is 6. The molecule has 1 aliphatic rings. The first-order valence-corrected chi connectivity index (χ1v) is 13.9. The minimum absolute atomic E-state index is 0.302. The summed E-state index contributed by atoms with van der Waals surface area (Å²) < 4.78 is 35.2. The van der Waals surface area contributed by atoms with E-state index in [0.29, 0.717) is 88.7 Å². The number of unbranched alkanes of at least 4 members (excludes halogenated alkanes) is 1. The van der Waals surface area contributed by atoms with Crippen molar-refractivity contribution in [3.8, 4) is 23.0 Å². The SMILES string of the molecule is CCCC[C@@H](O)c1ccc2c(c1)OCCOCCOc1cc(CC[C@@H](O)CC)ccc1OCCOCCO2. The zero-order valence-electron chi connectivity index (χ0n) is 22.9. The van der Waals surface area contributed by atoms with Gasteiger partial charge in [0, 0.05) is 0 Å². The minimum Gasteiger partial charge on any atom is -0.487 e. The topological polar surface area (TPSA) is 95.8 Å². The molecule has 1 aliphatic heterocycles. The van der Waals surface area contributed by atoms with Crippen molar-refractivity contribution >= 4 is 0 Å². The van der Waals surface area contributed by atoms with Gasteiger partial charge in [0.1, 0.15) is 26.4 Å². The Morgan fingerprint density at radius 3 is 1.79 bits per heavy atom. The summed E-state index contributed by atoms with van der Waals surface area (Å²) in [6.45, 7) is 7.10. The zero-order chi connectivity index (χ0) is 27.0. The van der Waals surface area contributed by atoms with Crippen LogP contribution in [0, 0.1) is 0 Å². The van der Waals surface area contributed by atoms with Gasteiger partial charge in [-0.25, -0.2) is 0 Å². The molecule has 0 aliphatic carbocycles. The Labute approximate surface area is 226 Å². The molecule has 0 unspecified atom stereocenters. The number of benzene rings is 2. The monoisotopic (exact) mass is 532 g/mol. The second-order valence-corrected chi connectivity index (χ2v) is 9.36. The van der Waals surface area contributed by atoms with Gasteiger partial charge in [0.05, 0.1) is 38.6 Å². The maximum Gasteiger partial charge on any atom is 0.161 e. The quantitative estimate of drug-likeness (QED) is 0.497. The lowest BCUT2D eigenvalue weighted by molar-refractivity contribution is 0.0638. The molecule has 0 radical (unpaired) electrons. The molecule has 2 atom stereocenters. The predicted octanol–water partition coefficient (Wildman–Crippen LogP) is 4.88. The summed E-state index contributed by atoms with van der Waals surface area (Å²) in [4.78, 5) is 0. The van der Waals surface area contributed by atoms with E-state index in [9.17, 15) is 10.2 Å². The lowest BCUT2D eigenvalue weighted by atomic mass is 10.0. The van der Waals surface area contributed by atoms with E-state index in [4.69, 9.17) is 28.4 Å². The van der Waals surface area contributed by atoms with Crippen LogP contribution in [0.25, 0.3) is 0 Å². The fourth-order valence-corrected chi connectivity index (χ4v) is 4.05. The molecule has 1 heterocycles. The van der Waals surface area contributed by atoms with Crippen LogP contribution >= 0.6 is 0 Å². The van der Waals surface area contributed by atoms with E-state index in [1.807, 2.05) is 43.3 Å². The Morgan fingerprint density at radius 2 is 1.21 bits per heavy atom. The summed E-state index contributed by atoms with van der Waals surface area (Å²) in [6, 6.07) is 11.4. The minimum atomic E-state index is -0.534. The van der Waals surface area contributed by atoms with Crippen molar-refractivity contribution in [2.24, 2.45) is 0 Å². The number of aliphatic hydroxyl groups is 2. The maximum absolute atomic E-state index is 10.5. The summed E-state index contributed by atoms with van der Waals surface area (Å²) in [5, 5.41) is 20.4. The number of hydrogen-bond acceptors (Lipinski definition) is 8. The molecule has 8 heteroatoms. The van der Waals surface area contributed by atoms with Gasteiger partial charge in [0.25, 0.3) is 0 Å². The third-order valence-corrected chi connectivity index (χ3v) is 6.37. The summed E-state index contributed by atoms with van der Waals surface area (Å²) in [6.07, 6.45) is 4.07. The van der Waals surface area contributed by atoms with Crippen LogP contribution in [-0.2, 0) is 15.9 Å². The average molecular weight is 533 g/mol. The van der Waals surface area contributed by atoms with Gasteiger partial charge in [-0.1, -0.05) is 38.8 Å². The molecule has 0 aromatic heterocycles. The third-order valence-electron chi connectivity index (χ3n) is 6.37. The van der Waals surface area contributed by atoms with Crippen molar-refractivity contribution in [1.29, 1.82) is 0 Å². The maximum atomic E-state index is 10.5. The molecule has 2 N–H and O–H groups in total. The van der Waals surface area contributed by atoms with E-state index >= 15 is 0 Å². The zero-order valence-corrected chi connectivity index (χ0v) is 22.9. The van der Waals surface area contributed by atoms with Crippen LogP contribution in [0.1, 0.15) is 63.2 Å². The van der Waals surface area contributed by atoms with Gasteiger partial charge in [0.15, 0.2) is 23.0 Å². The smallest absolute Gasteiger partial charge is 0.161 e. The Bertz CT molecular complexity index is 934. The lowest BCUT2D eigenvalue weighted by Gasteiger charge is -2.18. The highest BCUT2D eigenvalue weighted by Crippen LogP contribution is 2.32. The molecule has 8 nitrogen and oxygen atoms in total. The van der Waals surface area contributed by atoms with E-state index in [1.165, 1.54) is 0 Å². The standard InChI is InChI=1S/C30H44O8/c1-3-5-6-26(32)24-9-12-28-30(22-24)38-20-16-34-15-19-37-29-21-23(7-10-25(31)4-2)8-11-27(29)35-17-13-33-14-18-36-28/h8-9,11-12,21-22,25-26,31-32H,3-7,10,13-20H2,1-2H3/t25-,26+/m0/s1. The van der Waals surface area contributed by atoms with Gasteiger partial charge in [-0.15, -0.1) is 0 Å². The van der Waals surface area contributed by atoms with E-state index in [0.717, 1.165) is 36.8 Å². The van der Waals surface area contributed by atoms with E-state index in [1.54, 1.807) is 0 Å². The number of rotatable bonds is 8. The molecule has 0 saturated carbocycles. The van der Waals surface area contributed by atoms with Gasteiger partial charge in [-0.3, -0.25) is 0 Å². The van der Waals surface area contributed by atoms with Crippen molar-refractivity contribution < 1.29 is 38.6 Å². The van der Waals surface area contributed by atoms with Crippen LogP contribution in [0.4, 0.5) is 0 Å². The van der Waals surface area contributed by atoms with Gasteiger partial charge in [0.2, 0.25) is 0 Å². The molecular weight excluding hydrogens is 488 g/mol. The molecule has 212 valence electrons. The van der Waals surface area contributed by atoms with Crippen LogP contribution in [-0.4, -0.2) is 69.2 Å². The summed E-state index contributed by atoms with van der Waals surface area (Å²) in [7, 11) is 0. The largest absolute Gasteiger partial charge is 0.487 e. The first kappa shape index (κ1) is 30.0. The van der Waals surface area contributed by atoms with Crippen LogP contribution in [0.15, 0.2) is 36.4 Å². The molecular formula is C30H44O8. The molecule has 2 aromatic rings. The van der Waals surface area contributed by atoms with Gasteiger partial charge < -0.3 is 38.6 Å². The predicted molar refractivity (Wildman–Crippen MR) is 146 cm³/mol. The second kappa shape index (κ2) is 17.1. The number of fused-ring (bicyclic) bond motifs is 2. The molecule has 0 amide bonds.